The van der Waals surface area contributed by atoms with Gasteiger partial charge in [0.05, 0.1) is 5.52 Å². The molecular formula is C14H16N2O4. The Morgan fingerprint density at radius 3 is 2.80 bits per heavy atom. The molecule has 0 saturated carbocycles. The third-order valence-corrected chi connectivity index (χ3v) is 3.85. The van der Waals surface area contributed by atoms with E-state index >= 15 is 0 Å². The van der Waals surface area contributed by atoms with Crippen LogP contribution in [-0.2, 0) is 6.42 Å². The average molecular weight is 276 g/mol. The van der Waals surface area contributed by atoms with Crippen LogP contribution in [0.25, 0.3) is 10.9 Å². The Kier molecular flexibility index (Phi) is 3.27. The maximum absolute atomic E-state index is 12.2. The molecule has 0 radical (unpaired) electrons. The first-order valence-electron chi connectivity index (χ1n) is 6.20. The lowest BCUT2D eigenvalue weighted by molar-refractivity contribution is 0.0694. The van der Waals surface area contributed by atoms with Gasteiger partial charge in [-0.05, 0) is 37.5 Å². The highest BCUT2D eigenvalue weighted by molar-refractivity contribution is 5.95. The zero-order chi connectivity index (χ0) is 13.7. The number of aromatic nitrogens is 1. The molecule has 5 N–H and O–H groups in total. The maximum Gasteiger partial charge on any atom is 0.341 e. The molecule has 0 fully saturated rings. The summed E-state index contributed by atoms with van der Waals surface area (Å²) in [5, 5.41) is 9.58. The van der Waals surface area contributed by atoms with E-state index in [4.69, 9.17) is 10.8 Å². The summed E-state index contributed by atoms with van der Waals surface area (Å²) < 4.78 is 1.87. The summed E-state index contributed by atoms with van der Waals surface area (Å²) in [6, 6.07) is 3.47. The van der Waals surface area contributed by atoms with Crippen LogP contribution in [0.4, 0.5) is 5.69 Å². The largest absolute Gasteiger partial charge is 0.477 e. The molecule has 1 aliphatic heterocycles. The SMILES string of the molecule is CC1CCc2c(N)ccc3c(=O)c(C(=O)O)cn1c23.O. The van der Waals surface area contributed by atoms with Crippen LogP contribution < -0.4 is 11.2 Å². The number of carboxylic acids is 1. The summed E-state index contributed by atoms with van der Waals surface area (Å²) in [7, 11) is 0. The predicted molar refractivity (Wildman–Crippen MR) is 76.2 cm³/mol. The van der Waals surface area contributed by atoms with Crippen molar-refractivity contribution in [2.24, 2.45) is 0 Å². The van der Waals surface area contributed by atoms with Gasteiger partial charge in [-0.2, -0.15) is 0 Å². The van der Waals surface area contributed by atoms with E-state index in [-0.39, 0.29) is 17.1 Å². The number of carbonyl (C=O) groups is 1. The smallest absolute Gasteiger partial charge is 0.341 e. The summed E-state index contributed by atoms with van der Waals surface area (Å²) in [5.74, 6) is -1.19. The van der Waals surface area contributed by atoms with Crippen molar-refractivity contribution >= 4 is 22.6 Å². The van der Waals surface area contributed by atoms with Crippen molar-refractivity contribution in [3.05, 3.63) is 39.7 Å². The quantitative estimate of drug-likeness (QED) is 0.754. The number of nitrogens with two attached hydrogens (primary N) is 1. The van der Waals surface area contributed by atoms with Gasteiger partial charge in [0.15, 0.2) is 0 Å². The van der Waals surface area contributed by atoms with Gasteiger partial charge in [0, 0.05) is 23.3 Å². The van der Waals surface area contributed by atoms with Crippen molar-refractivity contribution in [2.45, 2.75) is 25.8 Å². The third-order valence-electron chi connectivity index (χ3n) is 3.85. The topological polar surface area (TPSA) is 117 Å². The normalized spacial score (nSPS) is 16.8. The van der Waals surface area contributed by atoms with Crippen LogP contribution in [-0.4, -0.2) is 21.1 Å². The second-order valence-electron chi connectivity index (χ2n) is 5.00. The maximum atomic E-state index is 12.2. The lowest BCUT2D eigenvalue weighted by Gasteiger charge is -2.27. The first kappa shape index (κ1) is 14.1. The van der Waals surface area contributed by atoms with Crippen LogP contribution in [0.2, 0.25) is 0 Å². The molecule has 1 aliphatic rings. The number of aromatic carboxylic acids is 1. The Hall–Kier alpha value is -2.34. The van der Waals surface area contributed by atoms with Crippen LogP contribution in [0.15, 0.2) is 23.1 Å². The highest BCUT2D eigenvalue weighted by Gasteiger charge is 2.23. The second-order valence-corrected chi connectivity index (χ2v) is 5.00. The second kappa shape index (κ2) is 4.64. The van der Waals surface area contributed by atoms with E-state index in [9.17, 15) is 9.59 Å². The Morgan fingerprint density at radius 1 is 1.45 bits per heavy atom. The van der Waals surface area contributed by atoms with E-state index in [2.05, 4.69) is 0 Å². The monoisotopic (exact) mass is 276 g/mol. The first-order chi connectivity index (χ1) is 9.00. The molecule has 2 heterocycles. The van der Waals surface area contributed by atoms with Gasteiger partial charge in [0.1, 0.15) is 5.56 Å². The molecule has 6 heteroatoms. The van der Waals surface area contributed by atoms with E-state index in [0.717, 1.165) is 23.9 Å². The zero-order valence-corrected chi connectivity index (χ0v) is 11.0. The van der Waals surface area contributed by atoms with Gasteiger partial charge in [-0.15, -0.1) is 0 Å². The molecule has 3 rings (SSSR count). The van der Waals surface area contributed by atoms with Crippen molar-refractivity contribution in [2.75, 3.05) is 5.73 Å². The van der Waals surface area contributed by atoms with Gasteiger partial charge in [-0.1, -0.05) is 0 Å². The van der Waals surface area contributed by atoms with E-state index in [1.807, 2.05) is 11.5 Å². The van der Waals surface area contributed by atoms with Gasteiger partial charge in [0.2, 0.25) is 5.43 Å². The Labute approximate surface area is 114 Å². The summed E-state index contributed by atoms with van der Waals surface area (Å²) in [4.78, 5) is 23.4. The van der Waals surface area contributed by atoms with Gasteiger partial charge in [-0.3, -0.25) is 4.79 Å². The molecule has 1 aromatic heterocycles. The number of benzene rings is 1. The van der Waals surface area contributed by atoms with Crippen molar-refractivity contribution in [1.82, 2.24) is 4.57 Å². The van der Waals surface area contributed by atoms with E-state index in [1.54, 1.807) is 12.1 Å². The minimum atomic E-state index is -1.19. The number of rotatable bonds is 1. The van der Waals surface area contributed by atoms with Crippen LogP contribution in [0.5, 0.6) is 0 Å². The van der Waals surface area contributed by atoms with Crippen LogP contribution in [0.1, 0.15) is 35.3 Å². The van der Waals surface area contributed by atoms with Crippen LogP contribution in [0.3, 0.4) is 0 Å². The molecule has 106 valence electrons. The number of nitrogens with zero attached hydrogens (tertiary/aromatic N) is 1. The van der Waals surface area contributed by atoms with Crippen molar-refractivity contribution in [3.8, 4) is 0 Å². The summed E-state index contributed by atoms with van der Waals surface area (Å²) >= 11 is 0. The average Bonchev–Trinajstić information content (AvgIpc) is 2.37. The Morgan fingerprint density at radius 2 is 2.15 bits per heavy atom. The minimum absolute atomic E-state index is 0. The lowest BCUT2D eigenvalue weighted by Crippen LogP contribution is -2.24. The number of hydrogen-bond acceptors (Lipinski definition) is 3. The Balaban J connectivity index is 0.00000147. The molecule has 2 aromatic rings. The molecule has 1 aromatic carbocycles. The fourth-order valence-electron chi connectivity index (χ4n) is 2.79. The number of nitrogen functional groups attached to an aromatic ring is 1. The standard InChI is InChI=1S/C14H14N2O3.H2O/c1-7-2-3-8-11(15)5-4-9-12(8)16(7)6-10(13(9)17)14(18)19;/h4-7H,2-3,15H2,1H3,(H,18,19);1H2. The summed E-state index contributed by atoms with van der Waals surface area (Å²) in [5.41, 5.74) is 7.74. The zero-order valence-electron chi connectivity index (χ0n) is 11.0. The van der Waals surface area contributed by atoms with Crippen LogP contribution >= 0.6 is 0 Å². The number of pyridine rings is 1. The van der Waals surface area contributed by atoms with Gasteiger partial charge in [0.25, 0.3) is 0 Å². The van der Waals surface area contributed by atoms with E-state index in [0.29, 0.717) is 11.1 Å². The van der Waals surface area contributed by atoms with Crippen molar-refractivity contribution in [3.63, 3.8) is 0 Å². The molecule has 0 bridgehead atoms. The minimum Gasteiger partial charge on any atom is -0.477 e. The molecule has 6 nitrogen and oxygen atoms in total. The first-order valence-corrected chi connectivity index (χ1v) is 6.20. The molecule has 0 amide bonds. The highest BCUT2D eigenvalue weighted by Crippen LogP contribution is 2.32. The third kappa shape index (κ3) is 1.77. The Bertz CT molecular complexity index is 764. The fourth-order valence-corrected chi connectivity index (χ4v) is 2.79. The fraction of sp³-hybridized carbons (Fsp3) is 0.286. The van der Waals surface area contributed by atoms with Crippen LogP contribution in [0, 0.1) is 0 Å². The lowest BCUT2D eigenvalue weighted by atomic mass is 9.95. The number of anilines is 1. The van der Waals surface area contributed by atoms with E-state index < -0.39 is 11.4 Å². The van der Waals surface area contributed by atoms with E-state index in [1.165, 1.54) is 6.20 Å². The van der Waals surface area contributed by atoms with Gasteiger partial charge < -0.3 is 20.9 Å². The molecule has 1 unspecified atom stereocenters. The molecule has 0 saturated heterocycles. The van der Waals surface area contributed by atoms with Gasteiger partial charge in [-0.25, -0.2) is 4.79 Å². The number of hydrogen-bond donors (Lipinski definition) is 2. The molecule has 0 spiro atoms. The molecule has 1 atom stereocenters. The summed E-state index contributed by atoms with van der Waals surface area (Å²) in [6.45, 7) is 2.02. The molecule has 0 aliphatic carbocycles. The van der Waals surface area contributed by atoms with Crippen molar-refractivity contribution in [1.29, 1.82) is 0 Å². The highest BCUT2D eigenvalue weighted by atomic mass is 16.4. The van der Waals surface area contributed by atoms with Gasteiger partial charge >= 0.3 is 5.97 Å². The predicted octanol–water partition coefficient (Wildman–Crippen LogP) is 0.964. The number of carboxylic acid groups (broad SMARTS) is 1. The number of aryl methyl sites for hydroxylation is 1. The molecular weight excluding hydrogens is 260 g/mol. The van der Waals surface area contributed by atoms with Crippen molar-refractivity contribution < 1.29 is 15.4 Å². The molecule has 20 heavy (non-hydrogen) atoms. The summed E-state index contributed by atoms with van der Waals surface area (Å²) in [6.07, 6.45) is 3.15.